The maximum absolute atomic E-state index is 12.8. The van der Waals surface area contributed by atoms with Gasteiger partial charge in [0.25, 0.3) is 5.91 Å². The molecule has 1 aromatic carbocycles. The zero-order valence-corrected chi connectivity index (χ0v) is 14.3. The van der Waals surface area contributed by atoms with Crippen molar-refractivity contribution in [1.29, 1.82) is 0 Å². The van der Waals surface area contributed by atoms with Crippen molar-refractivity contribution in [2.75, 3.05) is 26.2 Å². The number of rotatable bonds is 4. The van der Waals surface area contributed by atoms with Crippen LogP contribution < -0.4 is 10.6 Å². The first-order valence-electron chi connectivity index (χ1n) is 8.36. The van der Waals surface area contributed by atoms with Crippen LogP contribution in [0.25, 0.3) is 0 Å². The van der Waals surface area contributed by atoms with Crippen LogP contribution in [0.15, 0.2) is 24.3 Å². The minimum Gasteiger partial charge on any atom is -0.340 e. The molecule has 1 aliphatic heterocycles. The predicted molar refractivity (Wildman–Crippen MR) is 91.3 cm³/mol. The lowest BCUT2D eigenvalue weighted by Gasteiger charge is -2.29. The molecule has 2 N–H and O–H groups in total. The Kier molecular flexibility index (Phi) is 6.16. The van der Waals surface area contributed by atoms with Crippen molar-refractivity contribution < 1.29 is 9.59 Å². The summed E-state index contributed by atoms with van der Waals surface area (Å²) in [6.07, 6.45) is 0.947. The van der Waals surface area contributed by atoms with E-state index in [1.54, 1.807) is 6.07 Å². The van der Waals surface area contributed by atoms with Crippen LogP contribution in [0.2, 0.25) is 0 Å². The van der Waals surface area contributed by atoms with Gasteiger partial charge in [0, 0.05) is 25.2 Å². The van der Waals surface area contributed by atoms with E-state index in [-0.39, 0.29) is 17.7 Å². The normalized spacial score (nSPS) is 16.8. The zero-order chi connectivity index (χ0) is 16.8. The topological polar surface area (TPSA) is 61.4 Å². The van der Waals surface area contributed by atoms with Gasteiger partial charge in [-0.25, -0.2) is 0 Å². The highest BCUT2D eigenvalue weighted by atomic mass is 16.2. The first kappa shape index (κ1) is 17.5. The van der Waals surface area contributed by atoms with Gasteiger partial charge in [-0.15, -0.1) is 0 Å². The molecule has 1 atom stereocenters. The summed E-state index contributed by atoms with van der Waals surface area (Å²) in [6, 6.07) is 6.96. The van der Waals surface area contributed by atoms with Crippen molar-refractivity contribution >= 4 is 11.8 Å². The first-order chi connectivity index (χ1) is 11.0. The van der Waals surface area contributed by atoms with Gasteiger partial charge in [0.2, 0.25) is 5.91 Å². The van der Waals surface area contributed by atoms with E-state index in [1.165, 1.54) is 0 Å². The predicted octanol–water partition coefficient (Wildman–Crippen LogP) is 1.57. The fourth-order valence-electron chi connectivity index (χ4n) is 2.82. The second-order valence-corrected chi connectivity index (χ2v) is 6.44. The van der Waals surface area contributed by atoms with E-state index < -0.39 is 6.04 Å². The fraction of sp³-hybridized carbons (Fsp3) is 0.556. The third-order valence-corrected chi connectivity index (χ3v) is 4.26. The fourth-order valence-corrected chi connectivity index (χ4v) is 2.82. The summed E-state index contributed by atoms with van der Waals surface area (Å²) in [5.41, 5.74) is 1.54. The summed E-state index contributed by atoms with van der Waals surface area (Å²) >= 11 is 0. The molecule has 2 amide bonds. The van der Waals surface area contributed by atoms with E-state index in [4.69, 9.17) is 0 Å². The van der Waals surface area contributed by atoms with Crippen molar-refractivity contribution in [3.05, 3.63) is 35.4 Å². The molecule has 23 heavy (non-hydrogen) atoms. The molecule has 1 aliphatic rings. The number of nitrogens with zero attached hydrogens (tertiary/aromatic N) is 1. The highest BCUT2D eigenvalue weighted by molar-refractivity contribution is 5.98. The summed E-state index contributed by atoms with van der Waals surface area (Å²) in [5.74, 6) is -0.111. The molecule has 0 bridgehead atoms. The number of amides is 2. The van der Waals surface area contributed by atoms with Gasteiger partial charge in [0.1, 0.15) is 6.04 Å². The van der Waals surface area contributed by atoms with Gasteiger partial charge < -0.3 is 15.5 Å². The number of benzene rings is 1. The molecule has 5 heteroatoms. The number of carbonyl (C=O) groups excluding carboxylic acids is 2. The van der Waals surface area contributed by atoms with Gasteiger partial charge in [0.15, 0.2) is 0 Å². The molecule has 5 nitrogen and oxygen atoms in total. The lowest BCUT2D eigenvalue weighted by molar-refractivity contribution is -0.134. The minimum absolute atomic E-state index is 0.0191. The average molecular weight is 317 g/mol. The lowest BCUT2D eigenvalue weighted by Crippen LogP contribution is -2.52. The zero-order valence-electron chi connectivity index (χ0n) is 14.3. The van der Waals surface area contributed by atoms with Crippen LogP contribution in [0.3, 0.4) is 0 Å². The van der Waals surface area contributed by atoms with E-state index in [0.717, 1.165) is 31.6 Å². The summed E-state index contributed by atoms with van der Waals surface area (Å²) in [6.45, 7) is 9.03. The molecule has 1 fully saturated rings. The van der Waals surface area contributed by atoms with Crippen LogP contribution in [0, 0.1) is 12.8 Å². The Morgan fingerprint density at radius 3 is 2.61 bits per heavy atom. The van der Waals surface area contributed by atoms with Crippen LogP contribution >= 0.6 is 0 Å². The van der Waals surface area contributed by atoms with Gasteiger partial charge in [0.05, 0.1) is 0 Å². The van der Waals surface area contributed by atoms with E-state index in [1.807, 2.05) is 43.9 Å². The van der Waals surface area contributed by atoms with Gasteiger partial charge in [-0.3, -0.25) is 9.59 Å². The van der Waals surface area contributed by atoms with Gasteiger partial charge in [-0.05, 0) is 37.4 Å². The first-order valence-corrected chi connectivity index (χ1v) is 8.36. The third-order valence-electron chi connectivity index (χ3n) is 4.26. The summed E-state index contributed by atoms with van der Waals surface area (Å²) < 4.78 is 0. The molecule has 1 saturated heterocycles. The molecule has 2 rings (SSSR count). The maximum atomic E-state index is 12.8. The molecule has 126 valence electrons. The van der Waals surface area contributed by atoms with Gasteiger partial charge in [-0.1, -0.05) is 32.0 Å². The highest BCUT2D eigenvalue weighted by Crippen LogP contribution is 2.12. The Balaban J connectivity index is 2.10. The summed E-state index contributed by atoms with van der Waals surface area (Å²) in [5, 5.41) is 6.23. The van der Waals surface area contributed by atoms with Crippen molar-refractivity contribution in [2.24, 2.45) is 5.92 Å². The van der Waals surface area contributed by atoms with Crippen molar-refractivity contribution in [3.63, 3.8) is 0 Å². The molecule has 1 unspecified atom stereocenters. The molecule has 0 aromatic heterocycles. The Hall–Kier alpha value is -1.88. The monoisotopic (exact) mass is 317 g/mol. The summed E-state index contributed by atoms with van der Waals surface area (Å²) in [7, 11) is 0. The van der Waals surface area contributed by atoms with Crippen LogP contribution in [-0.2, 0) is 4.79 Å². The van der Waals surface area contributed by atoms with Crippen molar-refractivity contribution in [2.45, 2.75) is 33.2 Å². The van der Waals surface area contributed by atoms with Crippen LogP contribution in [0.1, 0.15) is 36.2 Å². The molecule has 1 aromatic rings. The van der Waals surface area contributed by atoms with Gasteiger partial charge >= 0.3 is 0 Å². The Morgan fingerprint density at radius 2 is 1.91 bits per heavy atom. The number of aryl methyl sites for hydroxylation is 1. The van der Waals surface area contributed by atoms with E-state index >= 15 is 0 Å². The Labute approximate surface area is 138 Å². The molecular formula is C18H27N3O2. The molecule has 0 spiro atoms. The van der Waals surface area contributed by atoms with E-state index in [9.17, 15) is 9.59 Å². The van der Waals surface area contributed by atoms with Gasteiger partial charge in [-0.2, -0.15) is 0 Å². The highest BCUT2D eigenvalue weighted by Gasteiger charge is 2.29. The standard InChI is InChI=1S/C18H27N3O2/c1-13(2)16(18(23)21-11-6-9-19-10-12-21)20-17(22)15-8-5-4-7-14(15)3/h4-5,7-8,13,16,19H,6,9-12H2,1-3H3,(H,20,22). The third kappa shape index (κ3) is 4.55. The lowest BCUT2D eigenvalue weighted by atomic mass is 10.0. The molecule has 1 heterocycles. The number of hydrogen-bond donors (Lipinski definition) is 2. The average Bonchev–Trinajstić information content (AvgIpc) is 2.81. The summed E-state index contributed by atoms with van der Waals surface area (Å²) in [4.78, 5) is 27.2. The Bertz CT molecular complexity index is 549. The smallest absolute Gasteiger partial charge is 0.252 e. The molecule has 0 aliphatic carbocycles. The van der Waals surface area contributed by atoms with Crippen LogP contribution in [0.5, 0.6) is 0 Å². The molecule has 0 saturated carbocycles. The molecule has 0 radical (unpaired) electrons. The van der Waals surface area contributed by atoms with Crippen molar-refractivity contribution in [1.82, 2.24) is 15.5 Å². The number of nitrogens with one attached hydrogen (secondary N) is 2. The maximum Gasteiger partial charge on any atom is 0.252 e. The second-order valence-electron chi connectivity index (χ2n) is 6.44. The number of carbonyl (C=O) groups is 2. The quantitative estimate of drug-likeness (QED) is 0.886. The SMILES string of the molecule is Cc1ccccc1C(=O)NC(C(=O)N1CCCNCC1)C(C)C. The van der Waals surface area contributed by atoms with E-state index in [2.05, 4.69) is 10.6 Å². The van der Waals surface area contributed by atoms with Crippen LogP contribution in [-0.4, -0.2) is 48.9 Å². The minimum atomic E-state index is -0.486. The van der Waals surface area contributed by atoms with Crippen LogP contribution in [0.4, 0.5) is 0 Å². The molecular weight excluding hydrogens is 290 g/mol. The Morgan fingerprint density at radius 1 is 1.17 bits per heavy atom. The van der Waals surface area contributed by atoms with E-state index in [0.29, 0.717) is 12.1 Å². The number of hydrogen-bond acceptors (Lipinski definition) is 3. The largest absolute Gasteiger partial charge is 0.340 e. The van der Waals surface area contributed by atoms with Crippen molar-refractivity contribution in [3.8, 4) is 0 Å². The second kappa shape index (κ2) is 8.11.